The van der Waals surface area contributed by atoms with E-state index in [1.807, 2.05) is 0 Å². The summed E-state index contributed by atoms with van der Waals surface area (Å²) in [5, 5.41) is 0. The lowest BCUT2D eigenvalue weighted by atomic mass is 9.51. The summed E-state index contributed by atoms with van der Waals surface area (Å²) in [5.41, 5.74) is 2.60. The number of carbonyl (C=O) groups excluding carboxylic acids is 1. The number of allylic oxidation sites excluding steroid dienone is 1. The maximum atomic E-state index is 14.0. The molecule has 0 heterocycles. The summed E-state index contributed by atoms with van der Waals surface area (Å²) >= 11 is 0. The van der Waals surface area contributed by atoms with Crippen LogP contribution >= 0.6 is 0 Å². The Morgan fingerprint density at radius 1 is 0.700 bits per heavy atom. The lowest BCUT2D eigenvalue weighted by molar-refractivity contribution is -0.176. The Bertz CT molecular complexity index is 1190. The van der Waals surface area contributed by atoms with Gasteiger partial charge in [0.05, 0.1) is 5.41 Å². The van der Waals surface area contributed by atoms with Crippen molar-refractivity contribution < 1.29 is 14.3 Å². The third-order valence-electron chi connectivity index (χ3n) is 14.3. The summed E-state index contributed by atoms with van der Waals surface area (Å²) in [6.45, 7) is 50.6. The van der Waals surface area contributed by atoms with E-state index in [0.29, 0.717) is 17.8 Å². The van der Waals surface area contributed by atoms with Crippen molar-refractivity contribution in [2.75, 3.05) is 0 Å². The van der Waals surface area contributed by atoms with Gasteiger partial charge in [0.15, 0.2) is 0 Å². The molecule has 5 unspecified atom stereocenters. The van der Waals surface area contributed by atoms with Crippen LogP contribution in [0.15, 0.2) is 18.1 Å². The standard InChI is InChI=1S/C47H86O3/c1-22-37(45(20,41(9,10)11)31-39(3,4)5)50-44(18,19)36-30-34(25-23-24-33(36)2)47(43(15,16)17)28-26-35(27-29-47)49-38(48)46(21,42(12,13)14)32-40(6,7)8/h33-36H,1,23-32H2,2-21H3. The van der Waals surface area contributed by atoms with Gasteiger partial charge >= 0.3 is 5.97 Å². The maximum Gasteiger partial charge on any atom is 0.312 e. The molecule has 0 spiro atoms. The van der Waals surface area contributed by atoms with E-state index in [2.05, 4.69) is 151 Å². The van der Waals surface area contributed by atoms with Crippen molar-refractivity contribution >= 4 is 5.97 Å². The van der Waals surface area contributed by atoms with Gasteiger partial charge in [-0.2, -0.15) is 0 Å². The Kier molecular flexibility index (Phi) is 13.4. The van der Waals surface area contributed by atoms with E-state index in [0.717, 1.165) is 44.3 Å². The van der Waals surface area contributed by atoms with Crippen LogP contribution in [0.25, 0.3) is 0 Å². The van der Waals surface area contributed by atoms with Gasteiger partial charge in [0, 0.05) is 11.3 Å². The molecule has 2 aliphatic rings. The molecule has 0 aromatic rings. The number of carbonyl (C=O) groups is 1. The molecule has 0 aromatic heterocycles. The van der Waals surface area contributed by atoms with Gasteiger partial charge in [0.1, 0.15) is 17.5 Å². The van der Waals surface area contributed by atoms with Gasteiger partial charge in [-0.25, -0.2) is 0 Å². The topological polar surface area (TPSA) is 35.5 Å². The van der Waals surface area contributed by atoms with Crippen molar-refractivity contribution in [1.29, 1.82) is 0 Å². The summed E-state index contributed by atoms with van der Waals surface area (Å²) < 4.78 is 13.8. The summed E-state index contributed by atoms with van der Waals surface area (Å²) in [5.74, 6) is 2.50. The molecule has 2 fully saturated rings. The molecule has 0 radical (unpaired) electrons. The van der Waals surface area contributed by atoms with Crippen molar-refractivity contribution in [2.45, 2.75) is 214 Å². The molecule has 0 bridgehead atoms. The molecule has 2 aliphatic carbocycles. The van der Waals surface area contributed by atoms with Crippen LogP contribution in [0.1, 0.15) is 203 Å². The van der Waals surface area contributed by atoms with E-state index >= 15 is 0 Å². The predicted molar refractivity (Wildman–Crippen MR) is 216 cm³/mol. The Morgan fingerprint density at radius 2 is 1.16 bits per heavy atom. The summed E-state index contributed by atoms with van der Waals surface area (Å²) in [6.07, 6.45) is 10.9. The molecule has 0 N–H and O–H groups in total. The van der Waals surface area contributed by atoms with Crippen LogP contribution < -0.4 is 0 Å². The summed E-state index contributed by atoms with van der Waals surface area (Å²) in [6, 6.07) is 0. The maximum absolute atomic E-state index is 14.0. The Hall–Kier alpha value is -1.21. The van der Waals surface area contributed by atoms with Crippen molar-refractivity contribution in [3.63, 3.8) is 0 Å². The first-order chi connectivity index (χ1) is 22.2. The second-order valence-electron chi connectivity index (χ2n) is 23.8. The number of ether oxygens (including phenoxy) is 2. The van der Waals surface area contributed by atoms with Crippen molar-refractivity contribution in [1.82, 2.24) is 0 Å². The average molecular weight is 699 g/mol. The Labute approximate surface area is 313 Å². The average Bonchev–Trinajstić information content (AvgIpc) is 3.10. The quantitative estimate of drug-likeness (QED) is 0.104. The highest BCUT2D eigenvalue weighted by Gasteiger charge is 2.55. The van der Waals surface area contributed by atoms with Gasteiger partial charge in [0.25, 0.3) is 0 Å². The molecule has 0 saturated heterocycles. The minimum absolute atomic E-state index is 0.00179. The van der Waals surface area contributed by atoms with Crippen LogP contribution in [-0.2, 0) is 14.3 Å². The van der Waals surface area contributed by atoms with Gasteiger partial charge < -0.3 is 9.47 Å². The van der Waals surface area contributed by atoms with Crippen LogP contribution in [0.2, 0.25) is 0 Å². The molecule has 3 heteroatoms. The Balaban J connectivity index is 2.41. The van der Waals surface area contributed by atoms with E-state index in [1.165, 1.54) is 25.7 Å². The van der Waals surface area contributed by atoms with E-state index in [4.69, 9.17) is 9.47 Å². The fourth-order valence-corrected chi connectivity index (χ4v) is 10.4. The molecule has 2 saturated carbocycles. The second kappa shape index (κ2) is 14.9. The highest BCUT2D eigenvalue weighted by atomic mass is 16.5. The van der Waals surface area contributed by atoms with Crippen LogP contribution in [-0.4, -0.2) is 17.7 Å². The van der Waals surface area contributed by atoms with Crippen LogP contribution in [0, 0.1) is 61.1 Å². The zero-order valence-electron chi connectivity index (χ0n) is 37.3. The molecule has 0 aromatic carbocycles. The number of hydrogen-bond acceptors (Lipinski definition) is 3. The van der Waals surface area contributed by atoms with Crippen LogP contribution in [0.3, 0.4) is 0 Å². The first-order valence-electron chi connectivity index (χ1n) is 20.5. The lowest BCUT2D eigenvalue weighted by Crippen LogP contribution is -2.50. The van der Waals surface area contributed by atoms with Gasteiger partial charge in [-0.15, -0.1) is 0 Å². The third kappa shape index (κ3) is 10.1. The van der Waals surface area contributed by atoms with E-state index in [-0.39, 0.29) is 55.6 Å². The smallest absolute Gasteiger partial charge is 0.312 e. The second-order valence-corrected chi connectivity index (χ2v) is 23.8. The molecular weight excluding hydrogens is 613 g/mol. The normalized spacial score (nSPS) is 28.8. The predicted octanol–water partition coefficient (Wildman–Crippen LogP) is 14.4. The van der Waals surface area contributed by atoms with Crippen molar-refractivity contribution in [3.05, 3.63) is 18.1 Å². The van der Waals surface area contributed by atoms with Gasteiger partial charge in [-0.05, 0) is 116 Å². The summed E-state index contributed by atoms with van der Waals surface area (Å²) in [4.78, 5) is 14.0. The first kappa shape index (κ1) is 44.9. The SMILES string of the molecule is C=C=C(OC(C)(C)C1CC(C2(C(C)(C)C)CCC(OC(=O)C(C)(CC(C)(C)C)C(C)(C)C)CC2)CCCC1C)C(C)(CC(C)(C)C)C(C)(C)C. The molecule has 0 amide bonds. The van der Waals surface area contributed by atoms with E-state index < -0.39 is 5.41 Å². The lowest BCUT2D eigenvalue weighted by Gasteiger charge is -2.55. The van der Waals surface area contributed by atoms with E-state index in [1.54, 1.807) is 0 Å². The van der Waals surface area contributed by atoms with Gasteiger partial charge in [0.2, 0.25) is 0 Å². The molecule has 3 nitrogen and oxygen atoms in total. The minimum atomic E-state index is -0.533. The number of rotatable bonds is 9. The van der Waals surface area contributed by atoms with Crippen LogP contribution in [0.5, 0.6) is 0 Å². The monoisotopic (exact) mass is 699 g/mol. The fourth-order valence-electron chi connectivity index (χ4n) is 10.4. The fraction of sp³-hybridized carbons (Fsp3) is 0.915. The molecule has 50 heavy (non-hydrogen) atoms. The summed E-state index contributed by atoms with van der Waals surface area (Å²) in [7, 11) is 0. The highest BCUT2D eigenvalue weighted by molar-refractivity contribution is 5.77. The molecule has 292 valence electrons. The van der Waals surface area contributed by atoms with E-state index in [9.17, 15) is 4.79 Å². The minimum Gasteiger partial charge on any atom is -0.483 e. The first-order valence-corrected chi connectivity index (χ1v) is 20.5. The zero-order valence-corrected chi connectivity index (χ0v) is 37.3. The van der Waals surface area contributed by atoms with Crippen LogP contribution in [0.4, 0.5) is 0 Å². The molecule has 5 atom stereocenters. The molecule has 2 rings (SSSR count). The highest BCUT2D eigenvalue weighted by Crippen LogP contribution is 2.61. The molecular formula is C47H86O3. The van der Waals surface area contributed by atoms with Gasteiger partial charge in [-0.1, -0.05) is 143 Å². The zero-order chi connectivity index (χ0) is 39.2. The molecule has 0 aliphatic heterocycles. The third-order valence-corrected chi connectivity index (χ3v) is 14.3. The number of esters is 1. The van der Waals surface area contributed by atoms with Crippen molar-refractivity contribution in [2.24, 2.45) is 61.1 Å². The Morgan fingerprint density at radius 3 is 1.56 bits per heavy atom. The van der Waals surface area contributed by atoms with Crippen molar-refractivity contribution in [3.8, 4) is 0 Å². The van der Waals surface area contributed by atoms with Gasteiger partial charge in [-0.3, -0.25) is 4.79 Å². The number of hydrogen-bond donors (Lipinski definition) is 0. The largest absolute Gasteiger partial charge is 0.483 e.